The minimum Gasteiger partial charge on any atom is -0.456 e. The fourth-order valence-electron chi connectivity index (χ4n) is 6.20. The summed E-state index contributed by atoms with van der Waals surface area (Å²) in [4.78, 5) is 0. The first-order valence-corrected chi connectivity index (χ1v) is 14.5. The van der Waals surface area contributed by atoms with Crippen LogP contribution in [-0.2, 0) is 0 Å². The summed E-state index contributed by atoms with van der Waals surface area (Å²) in [5.74, 6) is 0. The average molecular weight is 584 g/mol. The number of benzene rings is 8. The summed E-state index contributed by atoms with van der Waals surface area (Å²) in [6.07, 6.45) is 0. The molecule has 0 saturated carbocycles. The van der Waals surface area contributed by atoms with Gasteiger partial charge in [-0.25, -0.2) is 0 Å². The molecule has 0 aliphatic rings. The molecule has 1 heterocycles. The third kappa shape index (κ3) is 4.24. The van der Waals surface area contributed by atoms with Crippen LogP contribution in [0.15, 0.2) is 174 Å². The third-order valence-electron chi connectivity index (χ3n) is 8.20. The van der Waals surface area contributed by atoms with Gasteiger partial charge in [-0.1, -0.05) is 139 Å². The molecule has 0 unspecified atom stereocenters. The maximum atomic E-state index is 9.60. The largest absolute Gasteiger partial charge is 0.456 e. The van der Waals surface area contributed by atoms with Crippen molar-refractivity contribution in [2.45, 2.75) is 0 Å². The van der Waals surface area contributed by atoms with Crippen LogP contribution in [-0.4, -0.2) is 0 Å². The first-order valence-electron chi connectivity index (χ1n) is 20.0. The lowest BCUT2D eigenvalue weighted by atomic mass is 9.85. The van der Waals surface area contributed by atoms with Crippen molar-refractivity contribution >= 4 is 43.5 Å². The molecular formula is C44H28O. The van der Waals surface area contributed by atoms with Gasteiger partial charge >= 0.3 is 0 Å². The van der Waals surface area contributed by atoms with Gasteiger partial charge in [0.15, 0.2) is 0 Å². The summed E-state index contributed by atoms with van der Waals surface area (Å²) in [6.45, 7) is 0. The number of hydrogen-bond acceptors (Lipinski definition) is 1. The van der Waals surface area contributed by atoms with E-state index < -0.39 is 59.5 Å². The van der Waals surface area contributed by atoms with Crippen molar-refractivity contribution in [3.05, 3.63) is 170 Å². The second-order valence-corrected chi connectivity index (χ2v) is 10.8. The highest BCUT2D eigenvalue weighted by Gasteiger charge is 2.18. The molecule has 210 valence electrons. The van der Waals surface area contributed by atoms with Crippen LogP contribution in [0.25, 0.3) is 88.0 Å². The first-order chi connectivity index (χ1) is 26.9. The molecule has 0 atom stereocenters. The summed E-state index contributed by atoms with van der Waals surface area (Å²) >= 11 is 0. The van der Waals surface area contributed by atoms with Gasteiger partial charge in [0.1, 0.15) is 11.2 Å². The van der Waals surface area contributed by atoms with E-state index in [2.05, 4.69) is 30.3 Å². The molecule has 0 spiro atoms. The SMILES string of the molecule is [2H]c1c([2H])c([2H])c(-c2c([2H])c([2H])c3c(oc4c([2H])c(-c5c6ccccc6c(-c6cccc(-c7ccccc7)c6)c6ccccc56)c([2H])c([2H])c43)c2[2H])c([2H])c1[2H]. The lowest BCUT2D eigenvalue weighted by molar-refractivity contribution is 0.669. The first kappa shape index (κ1) is 16.8. The molecule has 0 aliphatic heterocycles. The molecule has 0 aliphatic carbocycles. The molecule has 0 bridgehead atoms. The fraction of sp³-hybridized carbons (Fsp3) is 0. The van der Waals surface area contributed by atoms with E-state index in [1.54, 1.807) is 0 Å². The predicted octanol–water partition coefficient (Wildman–Crippen LogP) is 12.6. The maximum absolute atomic E-state index is 9.60. The summed E-state index contributed by atoms with van der Waals surface area (Å²) in [5.41, 5.74) is 3.45. The zero-order chi connectivity index (χ0) is 39.3. The normalized spacial score (nSPS) is 15.0. The van der Waals surface area contributed by atoms with E-state index in [-0.39, 0.29) is 45.6 Å². The molecule has 9 rings (SSSR count). The molecule has 0 amide bonds. The van der Waals surface area contributed by atoms with Gasteiger partial charge in [-0.3, -0.25) is 0 Å². The lowest BCUT2D eigenvalue weighted by Crippen LogP contribution is -1.91. The molecule has 8 aromatic carbocycles. The minimum absolute atomic E-state index is 0.0821. The number of fused-ring (bicyclic) bond motifs is 5. The van der Waals surface area contributed by atoms with E-state index >= 15 is 0 Å². The van der Waals surface area contributed by atoms with Gasteiger partial charge < -0.3 is 4.42 Å². The van der Waals surface area contributed by atoms with E-state index in [0.29, 0.717) is 5.56 Å². The Balaban J connectivity index is 1.36. The van der Waals surface area contributed by atoms with Crippen molar-refractivity contribution in [3.63, 3.8) is 0 Å². The summed E-state index contributed by atoms with van der Waals surface area (Å²) < 4.78 is 103. The van der Waals surface area contributed by atoms with Crippen LogP contribution in [0.2, 0.25) is 0 Å². The standard InChI is InChI=1S/C44H28O/c1-3-12-29(13-4-1)31-16-11-17-33(26-31)43-37-18-7-9-20-39(37)44(40-21-10-8-19-38(40)43)34-23-25-36-35-24-22-32(30-14-5-2-6-15-30)27-41(35)45-42(36)28-34/h1-28H/i2D,5D,6D,14D,15D,22D,23D,24D,25D,27D,28D. The molecule has 0 radical (unpaired) electrons. The molecule has 0 saturated heterocycles. The van der Waals surface area contributed by atoms with Crippen molar-refractivity contribution < 1.29 is 19.5 Å². The van der Waals surface area contributed by atoms with Crippen molar-refractivity contribution in [2.75, 3.05) is 0 Å². The topological polar surface area (TPSA) is 13.1 Å². The smallest absolute Gasteiger partial charge is 0.136 e. The van der Waals surface area contributed by atoms with E-state index in [1.165, 1.54) is 0 Å². The van der Waals surface area contributed by atoms with Gasteiger partial charge in [-0.05, 0) is 96.3 Å². The Hall–Kier alpha value is -5.92. The molecule has 1 nitrogen and oxygen atoms in total. The Morgan fingerprint density at radius 1 is 0.356 bits per heavy atom. The Kier molecular flexibility index (Phi) is 3.87. The van der Waals surface area contributed by atoms with Crippen molar-refractivity contribution in [2.24, 2.45) is 0 Å². The van der Waals surface area contributed by atoms with Gasteiger partial charge in [0, 0.05) is 10.8 Å². The molecule has 45 heavy (non-hydrogen) atoms. The van der Waals surface area contributed by atoms with E-state index in [4.69, 9.17) is 15.4 Å². The van der Waals surface area contributed by atoms with Gasteiger partial charge in [0.25, 0.3) is 0 Å². The van der Waals surface area contributed by atoms with Gasteiger partial charge in [-0.15, -0.1) is 0 Å². The summed E-state index contributed by atoms with van der Waals surface area (Å²) in [5, 5.41) is 3.00. The van der Waals surface area contributed by atoms with Crippen LogP contribution < -0.4 is 0 Å². The average Bonchev–Trinajstić information content (AvgIpc) is 3.64. The fourth-order valence-corrected chi connectivity index (χ4v) is 6.20. The molecule has 1 aromatic heterocycles. The van der Waals surface area contributed by atoms with Crippen molar-refractivity contribution in [1.82, 2.24) is 0 Å². The zero-order valence-electron chi connectivity index (χ0n) is 34.7. The van der Waals surface area contributed by atoms with E-state index in [1.807, 2.05) is 72.8 Å². The second-order valence-electron chi connectivity index (χ2n) is 10.8. The van der Waals surface area contributed by atoms with Crippen LogP contribution in [0.5, 0.6) is 0 Å². The van der Waals surface area contributed by atoms with Crippen LogP contribution in [0.1, 0.15) is 15.1 Å². The Bertz CT molecular complexity index is 3070. The van der Waals surface area contributed by atoms with Crippen LogP contribution >= 0.6 is 0 Å². The highest BCUT2D eigenvalue weighted by Crippen LogP contribution is 2.45. The molecule has 9 aromatic rings. The second kappa shape index (κ2) is 10.4. The maximum Gasteiger partial charge on any atom is 0.136 e. The zero-order valence-corrected chi connectivity index (χ0v) is 23.7. The van der Waals surface area contributed by atoms with E-state index in [0.717, 1.165) is 43.8 Å². The predicted molar refractivity (Wildman–Crippen MR) is 190 cm³/mol. The minimum atomic E-state index is -0.657. The van der Waals surface area contributed by atoms with Crippen LogP contribution in [0.3, 0.4) is 0 Å². The molecule has 1 heteroatoms. The van der Waals surface area contributed by atoms with E-state index in [9.17, 15) is 4.11 Å². The Morgan fingerprint density at radius 2 is 0.867 bits per heavy atom. The monoisotopic (exact) mass is 583 g/mol. The van der Waals surface area contributed by atoms with Gasteiger partial charge in [0.2, 0.25) is 0 Å². The summed E-state index contributed by atoms with van der Waals surface area (Å²) in [6, 6.07) is 28.1. The lowest BCUT2D eigenvalue weighted by Gasteiger charge is -2.18. The highest BCUT2D eigenvalue weighted by molar-refractivity contribution is 6.22. The third-order valence-corrected chi connectivity index (χ3v) is 8.20. The Labute approximate surface area is 277 Å². The number of hydrogen-bond donors (Lipinski definition) is 0. The van der Waals surface area contributed by atoms with Crippen LogP contribution in [0.4, 0.5) is 0 Å². The molecular weight excluding hydrogens is 544 g/mol. The number of furan rings is 1. The van der Waals surface area contributed by atoms with Crippen molar-refractivity contribution in [3.8, 4) is 44.5 Å². The molecule has 0 fully saturated rings. The quantitative estimate of drug-likeness (QED) is 0.188. The Morgan fingerprint density at radius 3 is 1.51 bits per heavy atom. The molecule has 0 N–H and O–H groups in total. The summed E-state index contributed by atoms with van der Waals surface area (Å²) in [7, 11) is 0. The highest BCUT2D eigenvalue weighted by atomic mass is 16.3. The van der Waals surface area contributed by atoms with Crippen molar-refractivity contribution in [1.29, 1.82) is 0 Å². The van der Waals surface area contributed by atoms with Gasteiger partial charge in [-0.2, -0.15) is 0 Å². The number of rotatable bonds is 4. The van der Waals surface area contributed by atoms with Crippen LogP contribution in [0, 0.1) is 0 Å². The van der Waals surface area contributed by atoms with Gasteiger partial charge in [0.05, 0.1) is 15.1 Å².